The molecule has 0 unspecified atom stereocenters. The zero-order valence-corrected chi connectivity index (χ0v) is 10.1. The van der Waals surface area contributed by atoms with Crippen molar-refractivity contribution in [1.29, 1.82) is 0 Å². The van der Waals surface area contributed by atoms with E-state index in [0.29, 0.717) is 0 Å². The van der Waals surface area contributed by atoms with Crippen LogP contribution < -0.4 is 24.8 Å². The van der Waals surface area contributed by atoms with Gasteiger partial charge >= 0.3 is 37.7 Å². The Labute approximate surface area is 121 Å². The van der Waals surface area contributed by atoms with Crippen LogP contribution in [0, 0.1) is 0 Å². The quantitative estimate of drug-likeness (QED) is 0.389. The zero-order valence-electron chi connectivity index (χ0n) is 3.10. The standard InChI is InChI=1S/Ca.6ClH.H4Si/h;6*1H;1H4/q+2;;;;;;;/p-2. The van der Waals surface area contributed by atoms with E-state index in [0.717, 1.165) is 0 Å². The summed E-state index contributed by atoms with van der Waals surface area (Å²) in [6.07, 6.45) is 0. The van der Waals surface area contributed by atoms with Gasteiger partial charge in [-0.15, -0.1) is 49.6 Å². The van der Waals surface area contributed by atoms with Gasteiger partial charge in [-0.25, -0.2) is 0 Å². The summed E-state index contributed by atoms with van der Waals surface area (Å²) in [4.78, 5) is 0. The molecule has 0 aromatic heterocycles. The molecule has 8 heavy (non-hydrogen) atoms. The molecule has 0 aliphatic heterocycles. The summed E-state index contributed by atoms with van der Waals surface area (Å²) in [5.41, 5.74) is 0. The summed E-state index contributed by atoms with van der Waals surface area (Å²) < 4.78 is 0. The molecule has 8 heteroatoms. The van der Waals surface area contributed by atoms with E-state index in [-0.39, 0.29) is 123 Å². The van der Waals surface area contributed by atoms with Crippen molar-refractivity contribution in [1.82, 2.24) is 0 Å². The van der Waals surface area contributed by atoms with Gasteiger partial charge in [0, 0.05) is 0 Å². The number of halogens is 6. The van der Waals surface area contributed by atoms with Crippen molar-refractivity contribution in [2.75, 3.05) is 0 Å². The van der Waals surface area contributed by atoms with Gasteiger partial charge in [-0.1, -0.05) is 0 Å². The minimum absolute atomic E-state index is 0. The minimum Gasteiger partial charge on any atom is -1.00 e. The Hall–Kier alpha value is 3.22. The Kier molecular flexibility index (Phi) is 1190. The molecule has 0 saturated carbocycles. The summed E-state index contributed by atoms with van der Waals surface area (Å²) in [6, 6.07) is 0. The fourth-order valence-corrected chi connectivity index (χ4v) is 0. The van der Waals surface area contributed by atoms with Crippen LogP contribution in [0.4, 0.5) is 0 Å². The van der Waals surface area contributed by atoms with Crippen molar-refractivity contribution in [3.63, 3.8) is 0 Å². The van der Waals surface area contributed by atoms with Gasteiger partial charge in [-0.3, -0.25) is 0 Å². The van der Waals surface area contributed by atoms with Crippen LogP contribution in [0.2, 0.25) is 0 Å². The first kappa shape index (κ1) is 113. The van der Waals surface area contributed by atoms with Crippen LogP contribution in [0.25, 0.3) is 0 Å². The largest absolute Gasteiger partial charge is 2.00 e. The van der Waals surface area contributed by atoms with E-state index in [1.807, 2.05) is 0 Å². The monoisotopic (exact) mass is 286 g/mol. The fraction of sp³-hybridized carbons (Fsp3) is 0. The molecule has 0 radical (unpaired) electrons. The van der Waals surface area contributed by atoms with E-state index in [2.05, 4.69) is 0 Å². The van der Waals surface area contributed by atoms with Crippen molar-refractivity contribution in [3.8, 4) is 0 Å². The van der Waals surface area contributed by atoms with Gasteiger partial charge in [0.25, 0.3) is 0 Å². The molecular weight excluding hydrogens is 281 g/mol. The first-order valence-electron chi connectivity index (χ1n) is 0. The number of rotatable bonds is 0. The van der Waals surface area contributed by atoms with Crippen LogP contribution in [0.5, 0.6) is 0 Å². The molecule has 0 N–H and O–H groups in total. The topological polar surface area (TPSA) is 0 Å². The molecular formula is H8CaCl6Si. The van der Waals surface area contributed by atoms with Crippen LogP contribution in [0.15, 0.2) is 0 Å². The molecule has 0 spiro atoms. The first-order valence-corrected chi connectivity index (χ1v) is 0. The van der Waals surface area contributed by atoms with Crippen molar-refractivity contribution < 1.29 is 24.8 Å². The van der Waals surface area contributed by atoms with Crippen LogP contribution in [0.3, 0.4) is 0 Å². The van der Waals surface area contributed by atoms with Crippen molar-refractivity contribution >= 4 is 98.3 Å². The van der Waals surface area contributed by atoms with Gasteiger partial charge in [-0.05, 0) is 11.0 Å². The predicted molar refractivity (Wildman–Crippen MR) is 46.1 cm³/mol. The Balaban J connectivity index is 0. The smallest absolute Gasteiger partial charge is 1.00 e. The third-order valence-corrected chi connectivity index (χ3v) is 0. The third-order valence-electron chi connectivity index (χ3n) is 0. The molecule has 0 rings (SSSR count). The zero-order chi connectivity index (χ0) is 0. The molecule has 0 aliphatic rings. The maximum absolute atomic E-state index is 0. The summed E-state index contributed by atoms with van der Waals surface area (Å²) in [5.74, 6) is 0. The number of hydrogen-bond acceptors (Lipinski definition) is 0. The second kappa shape index (κ2) is 83.9. The number of hydrogen-bond donors (Lipinski definition) is 0. The molecule has 0 aromatic carbocycles. The molecule has 0 bridgehead atoms. The minimum atomic E-state index is 0. The van der Waals surface area contributed by atoms with Crippen LogP contribution >= 0.6 is 49.6 Å². The van der Waals surface area contributed by atoms with Crippen LogP contribution in [-0.2, 0) is 0 Å². The Morgan fingerprint density at radius 1 is 0.500 bits per heavy atom. The predicted octanol–water partition coefficient (Wildman–Crippen LogP) is -6.14. The van der Waals surface area contributed by atoms with Crippen LogP contribution in [0.1, 0.15) is 0 Å². The van der Waals surface area contributed by atoms with Gasteiger partial charge in [-0.2, -0.15) is 0 Å². The van der Waals surface area contributed by atoms with Crippen LogP contribution in [-0.4, -0.2) is 48.7 Å². The molecule has 0 fully saturated rings. The van der Waals surface area contributed by atoms with Gasteiger partial charge < -0.3 is 24.8 Å². The summed E-state index contributed by atoms with van der Waals surface area (Å²) >= 11 is 0. The van der Waals surface area contributed by atoms with Crippen molar-refractivity contribution in [2.45, 2.75) is 0 Å². The van der Waals surface area contributed by atoms with E-state index in [4.69, 9.17) is 0 Å². The molecule has 0 saturated heterocycles. The summed E-state index contributed by atoms with van der Waals surface area (Å²) in [6.45, 7) is 0. The molecule has 0 aromatic rings. The molecule has 56 valence electrons. The van der Waals surface area contributed by atoms with E-state index < -0.39 is 0 Å². The van der Waals surface area contributed by atoms with E-state index in [1.54, 1.807) is 0 Å². The maximum Gasteiger partial charge on any atom is 2.00 e. The Bertz CT molecular complexity index is 8.49. The average molecular weight is 289 g/mol. The molecule has 0 aliphatic carbocycles. The van der Waals surface area contributed by atoms with Crippen molar-refractivity contribution in [2.24, 2.45) is 0 Å². The normalized spacial score (nSPS) is 0. The Morgan fingerprint density at radius 3 is 0.500 bits per heavy atom. The average Bonchev–Trinajstić information content (AvgIpc) is 0. The molecule has 0 nitrogen and oxygen atoms in total. The van der Waals surface area contributed by atoms with E-state index >= 15 is 0 Å². The van der Waals surface area contributed by atoms with E-state index in [9.17, 15) is 0 Å². The first-order chi connectivity index (χ1) is 0. The van der Waals surface area contributed by atoms with Crippen molar-refractivity contribution in [3.05, 3.63) is 0 Å². The fourth-order valence-electron chi connectivity index (χ4n) is 0. The summed E-state index contributed by atoms with van der Waals surface area (Å²) in [7, 11) is 0. The van der Waals surface area contributed by atoms with Gasteiger partial charge in [0.05, 0.1) is 0 Å². The second-order valence-corrected chi connectivity index (χ2v) is 0. The second-order valence-electron chi connectivity index (χ2n) is 0. The van der Waals surface area contributed by atoms with Gasteiger partial charge in [0.15, 0.2) is 0 Å². The van der Waals surface area contributed by atoms with E-state index in [1.165, 1.54) is 0 Å². The maximum atomic E-state index is 0. The molecule has 0 amide bonds. The molecule has 0 atom stereocenters. The van der Waals surface area contributed by atoms with Gasteiger partial charge in [0.1, 0.15) is 0 Å². The third kappa shape index (κ3) is 60.1. The molecule has 0 heterocycles. The van der Waals surface area contributed by atoms with Gasteiger partial charge in [0.2, 0.25) is 0 Å². The SMILES string of the molecule is Cl.Cl.Cl.Cl.[Ca+2].[Cl-].[Cl-].[SiH4]. The Morgan fingerprint density at radius 2 is 0.500 bits per heavy atom. The summed E-state index contributed by atoms with van der Waals surface area (Å²) in [5, 5.41) is 0.